The van der Waals surface area contributed by atoms with Crippen molar-refractivity contribution in [3.8, 4) is 0 Å². The van der Waals surface area contributed by atoms with Crippen LogP contribution < -0.4 is 0 Å². The summed E-state index contributed by atoms with van der Waals surface area (Å²) >= 11 is 0. The molecule has 0 bridgehead atoms. The molecule has 0 heterocycles. The predicted octanol–water partition coefficient (Wildman–Crippen LogP) is 2.09. The number of hydrogen-bond donors (Lipinski definition) is 0. The molecule has 0 N–H and O–H groups in total. The molecular weight excluding hydrogens is 168 g/mol. The van der Waals surface area contributed by atoms with Crippen molar-refractivity contribution in [2.45, 2.75) is 46.0 Å². The van der Waals surface area contributed by atoms with E-state index in [1.165, 1.54) is 6.92 Å². The van der Waals surface area contributed by atoms with Crippen LogP contribution >= 0.6 is 0 Å². The van der Waals surface area contributed by atoms with Gasteiger partial charge in [-0.3, -0.25) is 4.79 Å². The van der Waals surface area contributed by atoms with Gasteiger partial charge < -0.3 is 9.53 Å². The second-order valence-electron chi connectivity index (χ2n) is 3.13. The van der Waals surface area contributed by atoms with Crippen LogP contribution in [0.2, 0.25) is 0 Å². The van der Waals surface area contributed by atoms with E-state index < -0.39 is 0 Å². The Morgan fingerprint density at radius 2 is 1.85 bits per heavy atom. The molecule has 76 valence electrons. The normalized spacial score (nSPS) is 9.69. The zero-order valence-corrected chi connectivity index (χ0v) is 8.47. The molecule has 3 heteroatoms. The largest absolute Gasteiger partial charge is 0.466 e. The first-order valence-electron chi connectivity index (χ1n) is 4.82. The second-order valence-corrected chi connectivity index (χ2v) is 3.13. The first-order valence-corrected chi connectivity index (χ1v) is 4.82. The Kier molecular flexibility index (Phi) is 7.26. The number of rotatable bonds is 7. The van der Waals surface area contributed by atoms with Gasteiger partial charge in [0.05, 0.1) is 6.61 Å². The van der Waals surface area contributed by atoms with Crippen molar-refractivity contribution in [1.29, 1.82) is 0 Å². The third-order valence-corrected chi connectivity index (χ3v) is 1.67. The van der Waals surface area contributed by atoms with Crippen LogP contribution in [0, 0.1) is 0 Å². The Balaban J connectivity index is 3.25. The first kappa shape index (κ1) is 12.1. The number of Topliss-reactive ketones (excluding diaryl/α,β-unsaturated/α-hetero) is 1. The van der Waals surface area contributed by atoms with E-state index in [0.717, 1.165) is 12.8 Å². The Morgan fingerprint density at radius 3 is 2.38 bits per heavy atom. The molecule has 0 aliphatic carbocycles. The predicted molar refractivity (Wildman–Crippen MR) is 50.4 cm³/mol. The van der Waals surface area contributed by atoms with Crippen molar-refractivity contribution in [1.82, 2.24) is 0 Å². The summed E-state index contributed by atoms with van der Waals surface area (Å²) in [5.41, 5.74) is 0. The molecule has 0 aromatic carbocycles. The lowest BCUT2D eigenvalue weighted by atomic mass is 10.2. The first-order chi connectivity index (χ1) is 6.16. The van der Waals surface area contributed by atoms with Gasteiger partial charge in [0, 0.05) is 12.8 Å². The maximum Gasteiger partial charge on any atom is 0.305 e. The fraction of sp³-hybridized carbons (Fsp3) is 0.800. The topological polar surface area (TPSA) is 43.4 Å². The summed E-state index contributed by atoms with van der Waals surface area (Å²) in [7, 11) is 0. The summed E-state index contributed by atoms with van der Waals surface area (Å²) in [6, 6.07) is 0. The molecule has 0 unspecified atom stereocenters. The minimum absolute atomic E-state index is 0.126. The molecule has 0 aliphatic rings. The Bertz CT molecular complexity index is 164. The molecule has 0 rings (SSSR count). The van der Waals surface area contributed by atoms with Crippen LogP contribution in [0.3, 0.4) is 0 Å². The van der Waals surface area contributed by atoms with Crippen molar-refractivity contribution in [3.63, 3.8) is 0 Å². The van der Waals surface area contributed by atoms with Gasteiger partial charge in [0.15, 0.2) is 0 Å². The Morgan fingerprint density at radius 1 is 1.15 bits per heavy atom. The summed E-state index contributed by atoms with van der Waals surface area (Å²) in [5, 5.41) is 0. The summed E-state index contributed by atoms with van der Waals surface area (Å²) in [4.78, 5) is 21.5. The van der Waals surface area contributed by atoms with E-state index in [-0.39, 0.29) is 11.8 Å². The monoisotopic (exact) mass is 186 g/mol. The average molecular weight is 186 g/mol. The van der Waals surface area contributed by atoms with Crippen molar-refractivity contribution in [3.05, 3.63) is 0 Å². The fourth-order valence-electron chi connectivity index (χ4n) is 0.884. The lowest BCUT2D eigenvalue weighted by Gasteiger charge is -2.02. The highest BCUT2D eigenvalue weighted by Crippen LogP contribution is 1.99. The molecule has 0 saturated carbocycles. The molecule has 0 spiro atoms. The maximum atomic E-state index is 11.0. The lowest BCUT2D eigenvalue weighted by molar-refractivity contribution is -0.143. The highest BCUT2D eigenvalue weighted by Gasteiger charge is 2.02. The number of hydrogen-bond acceptors (Lipinski definition) is 3. The quantitative estimate of drug-likeness (QED) is 0.451. The third kappa shape index (κ3) is 9.05. The lowest BCUT2D eigenvalue weighted by Crippen LogP contribution is -2.06. The standard InChI is InChI=1S/C10H18O3/c1-3-4-8-13-10(12)7-5-6-9(2)11/h3-8H2,1-2H3. The van der Waals surface area contributed by atoms with Crippen molar-refractivity contribution < 1.29 is 14.3 Å². The van der Waals surface area contributed by atoms with Crippen molar-refractivity contribution in [2.75, 3.05) is 6.61 Å². The van der Waals surface area contributed by atoms with Crippen LogP contribution in [-0.2, 0) is 14.3 Å². The molecule has 0 aromatic rings. The Hall–Kier alpha value is -0.860. The van der Waals surface area contributed by atoms with Gasteiger partial charge in [-0.05, 0) is 19.8 Å². The molecule has 0 aromatic heterocycles. The van der Waals surface area contributed by atoms with E-state index >= 15 is 0 Å². The van der Waals surface area contributed by atoms with Gasteiger partial charge in [0.25, 0.3) is 0 Å². The smallest absolute Gasteiger partial charge is 0.305 e. The highest BCUT2D eigenvalue weighted by atomic mass is 16.5. The van der Waals surface area contributed by atoms with Gasteiger partial charge in [0.2, 0.25) is 0 Å². The molecule has 0 aliphatic heterocycles. The molecule has 3 nitrogen and oxygen atoms in total. The number of esters is 1. The summed E-state index contributed by atoms with van der Waals surface area (Å²) in [5.74, 6) is -0.0592. The molecule has 0 amide bonds. The Labute approximate surface area is 79.5 Å². The van der Waals surface area contributed by atoms with Gasteiger partial charge in [-0.2, -0.15) is 0 Å². The van der Waals surface area contributed by atoms with E-state index in [2.05, 4.69) is 0 Å². The van der Waals surface area contributed by atoms with Crippen LogP contribution in [-0.4, -0.2) is 18.4 Å². The minimum Gasteiger partial charge on any atom is -0.466 e. The number of carbonyl (C=O) groups is 2. The van der Waals surface area contributed by atoms with Crippen LogP contribution in [0.1, 0.15) is 46.0 Å². The number of ketones is 1. The zero-order valence-electron chi connectivity index (χ0n) is 8.47. The highest BCUT2D eigenvalue weighted by molar-refractivity contribution is 5.76. The third-order valence-electron chi connectivity index (χ3n) is 1.67. The molecule has 0 atom stereocenters. The SMILES string of the molecule is CCCCOC(=O)CCCC(C)=O. The molecule has 0 fully saturated rings. The van der Waals surface area contributed by atoms with Crippen LogP contribution in [0.15, 0.2) is 0 Å². The molecule has 13 heavy (non-hydrogen) atoms. The van der Waals surface area contributed by atoms with Gasteiger partial charge in [-0.15, -0.1) is 0 Å². The summed E-state index contributed by atoms with van der Waals surface area (Å²) in [6.45, 7) is 4.08. The van der Waals surface area contributed by atoms with E-state index in [1.54, 1.807) is 0 Å². The minimum atomic E-state index is -0.185. The average Bonchev–Trinajstić information content (AvgIpc) is 2.04. The van der Waals surface area contributed by atoms with E-state index in [0.29, 0.717) is 25.9 Å². The number of unbranched alkanes of at least 4 members (excludes halogenated alkanes) is 1. The van der Waals surface area contributed by atoms with E-state index in [4.69, 9.17) is 4.74 Å². The van der Waals surface area contributed by atoms with Gasteiger partial charge in [-0.25, -0.2) is 0 Å². The van der Waals surface area contributed by atoms with Crippen LogP contribution in [0.4, 0.5) is 0 Å². The summed E-state index contributed by atoms with van der Waals surface area (Å²) in [6.07, 6.45) is 3.39. The zero-order chi connectivity index (χ0) is 10.1. The fourth-order valence-corrected chi connectivity index (χ4v) is 0.884. The second kappa shape index (κ2) is 7.77. The van der Waals surface area contributed by atoms with Crippen molar-refractivity contribution >= 4 is 11.8 Å². The van der Waals surface area contributed by atoms with Gasteiger partial charge in [0.1, 0.15) is 5.78 Å². The number of carbonyl (C=O) groups excluding carboxylic acids is 2. The molecular formula is C10H18O3. The van der Waals surface area contributed by atoms with Gasteiger partial charge >= 0.3 is 5.97 Å². The van der Waals surface area contributed by atoms with Crippen LogP contribution in [0.25, 0.3) is 0 Å². The molecule has 0 radical (unpaired) electrons. The number of ether oxygens (including phenoxy) is 1. The van der Waals surface area contributed by atoms with E-state index in [9.17, 15) is 9.59 Å². The summed E-state index contributed by atoms with van der Waals surface area (Å²) < 4.78 is 4.91. The van der Waals surface area contributed by atoms with Gasteiger partial charge in [-0.1, -0.05) is 13.3 Å². The van der Waals surface area contributed by atoms with Crippen molar-refractivity contribution in [2.24, 2.45) is 0 Å². The maximum absolute atomic E-state index is 11.0. The van der Waals surface area contributed by atoms with Crippen LogP contribution in [0.5, 0.6) is 0 Å². The molecule has 0 saturated heterocycles. The van der Waals surface area contributed by atoms with E-state index in [1.807, 2.05) is 6.92 Å².